The van der Waals surface area contributed by atoms with Crippen molar-refractivity contribution in [3.63, 3.8) is 0 Å². The summed E-state index contributed by atoms with van der Waals surface area (Å²) in [6.07, 6.45) is 1.04. The van der Waals surface area contributed by atoms with E-state index in [4.69, 9.17) is 14.3 Å². The van der Waals surface area contributed by atoms with Gasteiger partial charge in [-0.1, -0.05) is 0 Å². The van der Waals surface area contributed by atoms with Gasteiger partial charge in [-0.25, -0.2) is 9.18 Å². The summed E-state index contributed by atoms with van der Waals surface area (Å²) in [5, 5.41) is 19.4. The lowest BCUT2D eigenvalue weighted by molar-refractivity contribution is -0.385. The maximum atomic E-state index is 13.7. The van der Waals surface area contributed by atoms with Crippen molar-refractivity contribution in [3.05, 3.63) is 57.3 Å². The molecule has 0 aliphatic heterocycles. The van der Waals surface area contributed by atoms with Crippen LogP contribution in [0.25, 0.3) is 0 Å². The molecule has 1 aromatic heterocycles. The van der Waals surface area contributed by atoms with Crippen molar-refractivity contribution in [3.8, 4) is 5.75 Å². The van der Waals surface area contributed by atoms with Crippen LogP contribution in [0.5, 0.6) is 5.75 Å². The van der Waals surface area contributed by atoms with E-state index in [1.54, 1.807) is 0 Å². The maximum absolute atomic E-state index is 13.7. The molecule has 1 N–H and O–H groups in total. The molecule has 0 spiro atoms. The first kappa shape index (κ1) is 14.5. The van der Waals surface area contributed by atoms with E-state index in [0.29, 0.717) is 0 Å². The van der Waals surface area contributed by atoms with Gasteiger partial charge < -0.3 is 14.3 Å². The Kier molecular flexibility index (Phi) is 3.88. The molecule has 0 radical (unpaired) electrons. The molecule has 0 saturated carbocycles. The topological polar surface area (TPSA) is 103 Å². The first-order valence-electron chi connectivity index (χ1n) is 5.76. The van der Waals surface area contributed by atoms with E-state index < -0.39 is 16.7 Å². The molecule has 7 nitrogen and oxygen atoms in total. The minimum atomic E-state index is -1.15. The van der Waals surface area contributed by atoms with Gasteiger partial charge in [0, 0.05) is 5.56 Å². The summed E-state index contributed by atoms with van der Waals surface area (Å²) in [5.74, 6) is -2.01. The third-order valence-electron chi connectivity index (χ3n) is 2.72. The Hall–Kier alpha value is -2.90. The number of furan rings is 1. The Bertz CT molecular complexity index is 709. The van der Waals surface area contributed by atoms with Crippen LogP contribution in [0.3, 0.4) is 0 Å². The van der Waals surface area contributed by atoms with Crippen LogP contribution in [-0.4, -0.2) is 16.0 Å². The third kappa shape index (κ3) is 3.16. The van der Waals surface area contributed by atoms with Gasteiger partial charge in [0.1, 0.15) is 18.6 Å². The Morgan fingerprint density at radius 3 is 2.76 bits per heavy atom. The van der Waals surface area contributed by atoms with Crippen molar-refractivity contribution in [1.29, 1.82) is 0 Å². The molecule has 1 aromatic carbocycles. The largest absolute Gasteiger partial charge is 0.483 e. The number of halogens is 1. The maximum Gasteiger partial charge on any atom is 0.338 e. The molecule has 2 aromatic rings. The molecular formula is C13H10FNO6. The number of carbonyl (C=O) groups is 1. The summed E-state index contributed by atoms with van der Waals surface area (Å²) in [5.41, 5.74) is -0.137. The number of aromatic carboxylic acids is 1. The van der Waals surface area contributed by atoms with Gasteiger partial charge >= 0.3 is 5.97 Å². The summed E-state index contributed by atoms with van der Waals surface area (Å²) >= 11 is 0. The van der Waals surface area contributed by atoms with Gasteiger partial charge in [-0.2, -0.15) is 0 Å². The van der Waals surface area contributed by atoms with E-state index in [0.717, 1.165) is 12.3 Å². The predicted molar refractivity (Wildman–Crippen MR) is 67.8 cm³/mol. The number of hydrogen-bond acceptors (Lipinski definition) is 5. The van der Waals surface area contributed by atoms with Gasteiger partial charge in [-0.15, -0.1) is 0 Å². The highest BCUT2D eigenvalue weighted by Crippen LogP contribution is 2.27. The number of benzene rings is 1. The van der Waals surface area contributed by atoms with Gasteiger partial charge in [0.05, 0.1) is 16.6 Å². The van der Waals surface area contributed by atoms with Crippen LogP contribution in [0.4, 0.5) is 10.1 Å². The van der Waals surface area contributed by atoms with Gasteiger partial charge in [0.15, 0.2) is 11.6 Å². The number of aryl methyl sites for hydroxylation is 1. The number of carboxylic acids is 1. The van der Waals surface area contributed by atoms with E-state index >= 15 is 0 Å². The zero-order valence-corrected chi connectivity index (χ0v) is 10.8. The molecule has 110 valence electrons. The third-order valence-corrected chi connectivity index (χ3v) is 2.72. The van der Waals surface area contributed by atoms with E-state index in [1.807, 2.05) is 0 Å². The summed E-state index contributed by atoms with van der Waals surface area (Å²) in [6.45, 7) is 1.27. The molecule has 0 aliphatic rings. The van der Waals surface area contributed by atoms with Crippen LogP contribution in [0.15, 0.2) is 28.9 Å². The second kappa shape index (κ2) is 5.61. The monoisotopic (exact) mass is 295 g/mol. The van der Waals surface area contributed by atoms with Crippen LogP contribution in [-0.2, 0) is 6.61 Å². The van der Waals surface area contributed by atoms with E-state index in [9.17, 15) is 19.3 Å². The normalized spacial score (nSPS) is 10.4. The molecule has 2 rings (SSSR count). The van der Waals surface area contributed by atoms with Gasteiger partial charge in [0.2, 0.25) is 0 Å². The average molecular weight is 295 g/mol. The average Bonchev–Trinajstić information content (AvgIpc) is 2.88. The second-order valence-corrected chi connectivity index (χ2v) is 4.22. The highest BCUT2D eigenvalue weighted by molar-refractivity contribution is 5.87. The molecule has 0 bridgehead atoms. The molecular weight excluding hydrogens is 285 g/mol. The van der Waals surface area contributed by atoms with Crippen molar-refractivity contribution in [2.24, 2.45) is 0 Å². The van der Waals surface area contributed by atoms with Crippen LogP contribution < -0.4 is 4.74 Å². The minimum absolute atomic E-state index is 0.0473. The van der Waals surface area contributed by atoms with Crippen LogP contribution in [0.2, 0.25) is 0 Å². The first-order chi connectivity index (χ1) is 9.88. The van der Waals surface area contributed by atoms with E-state index in [-0.39, 0.29) is 34.9 Å². The lowest BCUT2D eigenvalue weighted by Gasteiger charge is -2.07. The number of nitrogens with zero attached hydrogens (tertiary/aromatic N) is 1. The lowest BCUT2D eigenvalue weighted by atomic mass is 10.2. The summed E-state index contributed by atoms with van der Waals surface area (Å²) in [4.78, 5) is 20.6. The standard InChI is InChI=1S/C13H10FNO6/c1-7-2-12(10(14)4-11(7)15(18)19)21-6-9-3-8(5-20-9)13(16)17/h2-5H,6H2,1H3,(H,16,17). The second-order valence-electron chi connectivity index (χ2n) is 4.22. The molecule has 21 heavy (non-hydrogen) atoms. The summed E-state index contributed by atoms with van der Waals surface area (Å²) in [7, 11) is 0. The fourth-order valence-corrected chi connectivity index (χ4v) is 1.67. The number of ether oxygens (including phenoxy) is 1. The fraction of sp³-hybridized carbons (Fsp3) is 0.154. The Balaban J connectivity index is 2.14. The summed E-state index contributed by atoms with van der Waals surface area (Å²) in [6, 6.07) is 3.22. The number of carboxylic acid groups (broad SMARTS) is 1. The Labute approximate surface area is 117 Å². The van der Waals surface area contributed by atoms with E-state index in [1.165, 1.54) is 19.1 Å². The fourth-order valence-electron chi connectivity index (χ4n) is 1.67. The van der Waals surface area contributed by atoms with Gasteiger partial charge in [0.25, 0.3) is 5.69 Å². The molecule has 0 atom stereocenters. The highest BCUT2D eigenvalue weighted by Gasteiger charge is 2.17. The number of hydrogen-bond donors (Lipinski definition) is 1. The number of nitro benzene ring substituents is 1. The quantitative estimate of drug-likeness (QED) is 0.672. The Morgan fingerprint density at radius 1 is 1.48 bits per heavy atom. The first-order valence-corrected chi connectivity index (χ1v) is 5.76. The highest BCUT2D eigenvalue weighted by atomic mass is 19.1. The molecule has 0 fully saturated rings. The SMILES string of the molecule is Cc1cc(OCc2cc(C(=O)O)co2)c(F)cc1[N+](=O)[O-]. The molecule has 0 amide bonds. The number of rotatable bonds is 5. The molecule has 1 heterocycles. The van der Waals surface area contributed by atoms with Crippen molar-refractivity contribution < 1.29 is 28.4 Å². The number of nitro groups is 1. The zero-order valence-electron chi connectivity index (χ0n) is 10.8. The smallest absolute Gasteiger partial charge is 0.338 e. The molecule has 0 aliphatic carbocycles. The molecule has 8 heteroatoms. The van der Waals surface area contributed by atoms with E-state index in [2.05, 4.69) is 0 Å². The van der Waals surface area contributed by atoms with Crippen molar-refractivity contribution >= 4 is 11.7 Å². The summed E-state index contributed by atoms with van der Waals surface area (Å²) < 4.78 is 23.8. The van der Waals surface area contributed by atoms with Crippen LogP contribution in [0.1, 0.15) is 21.7 Å². The van der Waals surface area contributed by atoms with Crippen molar-refractivity contribution in [2.45, 2.75) is 13.5 Å². The Morgan fingerprint density at radius 2 is 2.19 bits per heavy atom. The van der Waals surface area contributed by atoms with Crippen LogP contribution >= 0.6 is 0 Å². The molecule has 0 unspecified atom stereocenters. The van der Waals surface area contributed by atoms with Gasteiger partial charge in [-0.3, -0.25) is 10.1 Å². The zero-order chi connectivity index (χ0) is 15.6. The van der Waals surface area contributed by atoms with Crippen LogP contribution in [0, 0.1) is 22.9 Å². The predicted octanol–water partition coefficient (Wildman–Crippen LogP) is 2.91. The minimum Gasteiger partial charge on any atom is -0.483 e. The van der Waals surface area contributed by atoms with Crippen molar-refractivity contribution in [1.82, 2.24) is 0 Å². The molecule has 0 saturated heterocycles. The van der Waals surface area contributed by atoms with Gasteiger partial charge in [-0.05, 0) is 19.1 Å². The lowest BCUT2D eigenvalue weighted by Crippen LogP contribution is -1.99. The van der Waals surface area contributed by atoms with Crippen molar-refractivity contribution in [2.75, 3.05) is 0 Å².